The molecule has 0 spiro atoms. The van der Waals surface area contributed by atoms with Gasteiger partial charge in [-0.3, -0.25) is 14.9 Å². The van der Waals surface area contributed by atoms with E-state index in [0.29, 0.717) is 0 Å². The van der Waals surface area contributed by atoms with Crippen LogP contribution in [0.3, 0.4) is 0 Å². The standard InChI is InChI=1S/C8H5Cl3N2O3/c9-5-2-1-4(13(15)16)3-6(5)12-8(14)7(10)11/h1-3,7H,(H,12,14). The van der Waals surface area contributed by atoms with E-state index in [-0.39, 0.29) is 16.4 Å². The molecule has 0 aliphatic carbocycles. The lowest BCUT2D eigenvalue weighted by Crippen LogP contribution is -2.18. The Labute approximate surface area is 105 Å². The van der Waals surface area contributed by atoms with Gasteiger partial charge in [-0.1, -0.05) is 34.8 Å². The summed E-state index contributed by atoms with van der Waals surface area (Å²) in [5.41, 5.74) is -0.104. The molecule has 0 saturated heterocycles. The third-order valence-corrected chi connectivity index (χ3v) is 2.34. The van der Waals surface area contributed by atoms with Crippen molar-refractivity contribution in [3.63, 3.8) is 0 Å². The van der Waals surface area contributed by atoms with Crippen molar-refractivity contribution in [2.75, 3.05) is 5.32 Å². The quantitative estimate of drug-likeness (QED) is 0.526. The Kier molecular flexibility index (Phi) is 4.35. The molecule has 1 aromatic rings. The number of carbonyl (C=O) groups is 1. The summed E-state index contributed by atoms with van der Waals surface area (Å²) >= 11 is 16.3. The highest BCUT2D eigenvalue weighted by Gasteiger charge is 2.15. The Morgan fingerprint density at radius 3 is 2.56 bits per heavy atom. The number of non-ortho nitro benzene ring substituents is 1. The summed E-state index contributed by atoms with van der Waals surface area (Å²) < 4.78 is 0. The number of carbonyl (C=O) groups excluding carboxylic acids is 1. The van der Waals surface area contributed by atoms with Gasteiger partial charge in [-0.05, 0) is 6.07 Å². The largest absolute Gasteiger partial charge is 0.322 e. The van der Waals surface area contributed by atoms with Gasteiger partial charge in [0.25, 0.3) is 11.6 Å². The van der Waals surface area contributed by atoms with Crippen molar-refractivity contribution in [2.24, 2.45) is 0 Å². The third kappa shape index (κ3) is 3.23. The summed E-state index contributed by atoms with van der Waals surface area (Å²) in [6.07, 6.45) is 0. The van der Waals surface area contributed by atoms with Crippen LogP contribution in [0.5, 0.6) is 0 Å². The molecule has 0 atom stereocenters. The fourth-order valence-electron chi connectivity index (χ4n) is 0.910. The summed E-state index contributed by atoms with van der Waals surface area (Å²) in [4.78, 5) is 19.7. The molecule has 0 radical (unpaired) electrons. The summed E-state index contributed by atoms with van der Waals surface area (Å²) in [5.74, 6) is -0.703. The van der Waals surface area contributed by atoms with Crippen LogP contribution in [-0.2, 0) is 4.79 Å². The number of nitro benzene ring substituents is 1. The van der Waals surface area contributed by atoms with Gasteiger partial charge in [0, 0.05) is 12.1 Å². The van der Waals surface area contributed by atoms with E-state index in [0.717, 1.165) is 6.07 Å². The number of nitro groups is 1. The van der Waals surface area contributed by atoms with Crippen LogP contribution in [0.25, 0.3) is 0 Å². The van der Waals surface area contributed by atoms with Crippen molar-refractivity contribution >= 4 is 52.1 Å². The summed E-state index contributed by atoms with van der Waals surface area (Å²) in [7, 11) is 0. The van der Waals surface area contributed by atoms with Gasteiger partial charge < -0.3 is 5.32 Å². The number of hydrogen-bond acceptors (Lipinski definition) is 3. The monoisotopic (exact) mass is 282 g/mol. The SMILES string of the molecule is O=C(Nc1cc([N+](=O)[O-])ccc1Cl)C(Cl)Cl. The van der Waals surface area contributed by atoms with Crippen LogP contribution in [0.1, 0.15) is 0 Å². The Morgan fingerprint density at radius 1 is 1.44 bits per heavy atom. The highest BCUT2D eigenvalue weighted by atomic mass is 35.5. The number of benzene rings is 1. The second-order valence-corrected chi connectivity index (χ2v) is 4.21. The van der Waals surface area contributed by atoms with Crippen molar-refractivity contribution < 1.29 is 9.72 Å². The van der Waals surface area contributed by atoms with Gasteiger partial charge >= 0.3 is 0 Å². The first-order valence-corrected chi connectivity index (χ1v) is 5.20. The average Bonchev–Trinajstić information content (AvgIpc) is 2.20. The second kappa shape index (κ2) is 5.34. The molecule has 1 amide bonds. The fraction of sp³-hybridized carbons (Fsp3) is 0.125. The molecule has 0 unspecified atom stereocenters. The average molecular weight is 283 g/mol. The van der Waals surface area contributed by atoms with Crippen LogP contribution >= 0.6 is 34.8 Å². The van der Waals surface area contributed by atoms with Crippen LogP contribution in [0.4, 0.5) is 11.4 Å². The summed E-state index contributed by atoms with van der Waals surface area (Å²) in [6, 6.07) is 3.64. The first-order valence-electron chi connectivity index (χ1n) is 3.95. The summed E-state index contributed by atoms with van der Waals surface area (Å²) in [5, 5.41) is 12.9. The molecule has 0 saturated carbocycles. The lowest BCUT2D eigenvalue weighted by atomic mass is 10.3. The van der Waals surface area contributed by atoms with Gasteiger partial charge in [-0.15, -0.1) is 0 Å². The number of nitrogens with zero attached hydrogens (tertiary/aromatic N) is 1. The van der Waals surface area contributed by atoms with Crippen molar-refractivity contribution in [3.05, 3.63) is 33.3 Å². The summed E-state index contributed by atoms with van der Waals surface area (Å²) in [6.45, 7) is 0. The molecule has 0 heterocycles. The highest BCUT2D eigenvalue weighted by molar-refractivity contribution is 6.54. The normalized spacial score (nSPS) is 10.2. The van der Waals surface area contributed by atoms with Gasteiger partial charge in [0.15, 0.2) is 4.84 Å². The lowest BCUT2D eigenvalue weighted by Gasteiger charge is -2.06. The zero-order valence-electron chi connectivity index (χ0n) is 7.62. The maximum absolute atomic E-state index is 11.1. The number of halogens is 3. The van der Waals surface area contributed by atoms with E-state index in [1.54, 1.807) is 0 Å². The zero-order chi connectivity index (χ0) is 12.3. The maximum atomic E-state index is 11.1. The molecular formula is C8H5Cl3N2O3. The Bertz CT molecular complexity index is 437. The zero-order valence-corrected chi connectivity index (χ0v) is 9.88. The molecule has 0 aliphatic heterocycles. The Balaban J connectivity index is 2.99. The van der Waals surface area contributed by atoms with Crippen LogP contribution in [0, 0.1) is 10.1 Å². The molecule has 1 aromatic carbocycles. The minimum atomic E-state index is -1.27. The van der Waals surface area contributed by atoms with E-state index in [2.05, 4.69) is 5.32 Å². The minimum absolute atomic E-state index is 0.0900. The van der Waals surface area contributed by atoms with E-state index >= 15 is 0 Å². The van der Waals surface area contributed by atoms with Gasteiger partial charge in [-0.2, -0.15) is 0 Å². The van der Waals surface area contributed by atoms with Gasteiger partial charge in [0.1, 0.15) is 0 Å². The number of anilines is 1. The predicted molar refractivity (Wildman–Crippen MR) is 62.2 cm³/mol. The topological polar surface area (TPSA) is 72.2 Å². The number of alkyl halides is 2. The van der Waals surface area contributed by atoms with Crippen molar-refractivity contribution in [1.82, 2.24) is 0 Å². The molecule has 86 valence electrons. The Morgan fingerprint density at radius 2 is 2.06 bits per heavy atom. The number of hydrogen-bond donors (Lipinski definition) is 1. The molecule has 0 bridgehead atoms. The van der Waals surface area contributed by atoms with E-state index < -0.39 is 15.7 Å². The smallest absolute Gasteiger partial charge is 0.271 e. The molecule has 0 fully saturated rings. The van der Waals surface area contributed by atoms with E-state index in [1.165, 1.54) is 12.1 Å². The first-order chi connectivity index (χ1) is 7.41. The van der Waals surface area contributed by atoms with Crippen LogP contribution in [0.2, 0.25) is 5.02 Å². The predicted octanol–water partition coefficient (Wildman–Crippen LogP) is 2.99. The van der Waals surface area contributed by atoms with Crippen LogP contribution in [0.15, 0.2) is 18.2 Å². The van der Waals surface area contributed by atoms with Gasteiger partial charge in [0.2, 0.25) is 0 Å². The second-order valence-electron chi connectivity index (χ2n) is 2.71. The molecule has 0 aliphatic rings. The number of nitrogens with one attached hydrogen (secondary N) is 1. The molecule has 1 N–H and O–H groups in total. The fourth-order valence-corrected chi connectivity index (χ4v) is 1.18. The lowest BCUT2D eigenvalue weighted by molar-refractivity contribution is -0.384. The first kappa shape index (κ1) is 13.0. The molecular weight excluding hydrogens is 278 g/mol. The molecule has 8 heteroatoms. The van der Waals surface area contributed by atoms with E-state index in [4.69, 9.17) is 34.8 Å². The van der Waals surface area contributed by atoms with Crippen molar-refractivity contribution in [1.29, 1.82) is 0 Å². The number of amides is 1. The van der Waals surface area contributed by atoms with Crippen LogP contribution < -0.4 is 5.32 Å². The minimum Gasteiger partial charge on any atom is -0.322 e. The molecule has 5 nitrogen and oxygen atoms in total. The van der Waals surface area contributed by atoms with E-state index in [9.17, 15) is 14.9 Å². The molecule has 1 rings (SSSR count). The molecule has 0 aromatic heterocycles. The van der Waals surface area contributed by atoms with E-state index in [1.807, 2.05) is 0 Å². The number of rotatable bonds is 3. The van der Waals surface area contributed by atoms with Crippen LogP contribution in [-0.4, -0.2) is 15.7 Å². The third-order valence-electron chi connectivity index (χ3n) is 1.62. The van der Waals surface area contributed by atoms with Gasteiger partial charge in [0.05, 0.1) is 15.6 Å². The van der Waals surface area contributed by atoms with Gasteiger partial charge in [-0.25, -0.2) is 0 Å². The Hall–Kier alpha value is -1.04. The molecule has 16 heavy (non-hydrogen) atoms. The maximum Gasteiger partial charge on any atom is 0.271 e. The van der Waals surface area contributed by atoms with Crippen molar-refractivity contribution in [2.45, 2.75) is 4.84 Å². The van der Waals surface area contributed by atoms with Crippen molar-refractivity contribution in [3.8, 4) is 0 Å². The highest BCUT2D eigenvalue weighted by Crippen LogP contribution is 2.27.